The van der Waals surface area contributed by atoms with Gasteiger partial charge in [0, 0.05) is 38.4 Å². The second-order valence-electron chi connectivity index (χ2n) is 5.55. The van der Waals surface area contributed by atoms with E-state index in [0.29, 0.717) is 12.6 Å². The molecule has 2 heterocycles. The molecule has 2 N–H and O–H groups in total. The van der Waals surface area contributed by atoms with Crippen LogP contribution in [0.2, 0.25) is 0 Å². The van der Waals surface area contributed by atoms with Gasteiger partial charge in [-0.05, 0) is 31.4 Å². The van der Waals surface area contributed by atoms with Gasteiger partial charge in [-0.2, -0.15) is 0 Å². The summed E-state index contributed by atoms with van der Waals surface area (Å²) in [5.41, 5.74) is 0.864. The number of hydrogen-bond acceptors (Lipinski definition) is 4. The smallest absolute Gasteiger partial charge is 0.233 e. The van der Waals surface area contributed by atoms with Crippen molar-refractivity contribution in [3.8, 4) is 0 Å². The molecule has 2 rings (SSSR count). The van der Waals surface area contributed by atoms with Crippen molar-refractivity contribution in [3.63, 3.8) is 0 Å². The summed E-state index contributed by atoms with van der Waals surface area (Å²) in [6.45, 7) is 4.29. The van der Waals surface area contributed by atoms with Crippen molar-refractivity contribution in [1.82, 2.24) is 20.5 Å². The lowest BCUT2D eigenvalue weighted by Crippen LogP contribution is -2.46. The maximum absolute atomic E-state index is 13.2. The Bertz CT molecular complexity index is 474. The summed E-state index contributed by atoms with van der Waals surface area (Å²) in [5, 5.41) is 6.16. The highest BCUT2D eigenvalue weighted by atomic mass is 19.1. The highest BCUT2D eigenvalue weighted by molar-refractivity contribution is 5.77. The normalized spacial score (nSPS) is 18.4. The summed E-state index contributed by atoms with van der Waals surface area (Å²) in [5.74, 6) is -0.248. The molecular formula is C15H23FN4O. The van der Waals surface area contributed by atoms with Crippen LogP contribution in [-0.4, -0.2) is 48.5 Å². The van der Waals surface area contributed by atoms with Crippen LogP contribution in [0.15, 0.2) is 18.5 Å². The van der Waals surface area contributed by atoms with Crippen LogP contribution < -0.4 is 10.6 Å². The second-order valence-corrected chi connectivity index (χ2v) is 5.55. The van der Waals surface area contributed by atoms with Crippen LogP contribution in [0.4, 0.5) is 4.39 Å². The molecular weight excluding hydrogens is 271 g/mol. The standard InChI is InChI=1S/C15H23FN4O/c1-11(12-7-13(16)9-18-8-12)19-14-3-5-20(6-4-14)10-15(21)17-2/h7-9,11,14,19H,3-6,10H2,1-2H3,(H,17,21). The first-order valence-corrected chi connectivity index (χ1v) is 7.38. The van der Waals surface area contributed by atoms with Crippen LogP contribution in [-0.2, 0) is 4.79 Å². The van der Waals surface area contributed by atoms with Gasteiger partial charge in [0.05, 0.1) is 12.7 Å². The fourth-order valence-electron chi connectivity index (χ4n) is 2.65. The number of pyridine rings is 1. The maximum atomic E-state index is 13.2. The first-order chi connectivity index (χ1) is 10.1. The average Bonchev–Trinajstić information content (AvgIpc) is 2.49. The monoisotopic (exact) mass is 294 g/mol. The SMILES string of the molecule is CNC(=O)CN1CCC(NC(C)c2cncc(F)c2)CC1. The third kappa shape index (κ3) is 4.75. The molecule has 0 aromatic carbocycles. The summed E-state index contributed by atoms with van der Waals surface area (Å²) >= 11 is 0. The van der Waals surface area contributed by atoms with Crippen LogP contribution >= 0.6 is 0 Å². The summed E-state index contributed by atoms with van der Waals surface area (Å²) in [4.78, 5) is 17.4. The van der Waals surface area contributed by atoms with Crippen LogP contribution in [0, 0.1) is 5.82 Å². The average molecular weight is 294 g/mol. The number of hydrogen-bond donors (Lipinski definition) is 2. The lowest BCUT2D eigenvalue weighted by atomic mass is 10.0. The fourth-order valence-corrected chi connectivity index (χ4v) is 2.65. The fraction of sp³-hybridized carbons (Fsp3) is 0.600. The molecule has 1 amide bonds. The molecule has 0 aliphatic carbocycles. The first-order valence-electron chi connectivity index (χ1n) is 7.38. The van der Waals surface area contributed by atoms with Crippen molar-refractivity contribution < 1.29 is 9.18 Å². The minimum atomic E-state index is -0.304. The predicted octanol–water partition coefficient (Wildman–Crippen LogP) is 1.08. The van der Waals surface area contributed by atoms with Crippen molar-refractivity contribution in [1.29, 1.82) is 0 Å². The lowest BCUT2D eigenvalue weighted by molar-refractivity contribution is -0.122. The van der Waals surface area contributed by atoms with Gasteiger partial charge in [0.25, 0.3) is 0 Å². The minimum Gasteiger partial charge on any atom is -0.358 e. The molecule has 1 aromatic rings. The van der Waals surface area contributed by atoms with Gasteiger partial charge in [0.15, 0.2) is 0 Å². The third-order valence-corrected chi connectivity index (χ3v) is 3.95. The minimum absolute atomic E-state index is 0.0561. The van der Waals surface area contributed by atoms with E-state index in [1.807, 2.05) is 6.92 Å². The van der Waals surface area contributed by atoms with Gasteiger partial charge < -0.3 is 10.6 Å². The predicted molar refractivity (Wildman–Crippen MR) is 79.3 cm³/mol. The highest BCUT2D eigenvalue weighted by Gasteiger charge is 2.22. The van der Waals surface area contributed by atoms with Gasteiger partial charge in [0.1, 0.15) is 5.82 Å². The Morgan fingerprint density at radius 1 is 1.48 bits per heavy atom. The van der Waals surface area contributed by atoms with Gasteiger partial charge in [-0.3, -0.25) is 14.7 Å². The number of nitrogens with zero attached hydrogens (tertiary/aromatic N) is 2. The number of rotatable bonds is 5. The molecule has 6 heteroatoms. The quantitative estimate of drug-likeness (QED) is 0.853. The van der Waals surface area contributed by atoms with Crippen molar-refractivity contribution in [2.24, 2.45) is 0 Å². The second kappa shape index (κ2) is 7.47. The van der Waals surface area contributed by atoms with Crippen molar-refractivity contribution >= 4 is 5.91 Å². The number of likely N-dealkylation sites (tertiary alicyclic amines) is 1. The molecule has 21 heavy (non-hydrogen) atoms. The molecule has 0 spiro atoms. The Hall–Kier alpha value is -1.53. The number of aromatic nitrogens is 1. The Morgan fingerprint density at radius 2 is 2.19 bits per heavy atom. The number of carbonyl (C=O) groups excluding carboxylic acids is 1. The number of piperidine rings is 1. The van der Waals surface area contributed by atoms with Crippen molar-refractivity contribution in [2.45, 2.75) is 31.8 Å². The Balaban J connectivity index is 1.79. The highest BCUT2D eigenvalue weighted by Crippen LogP contribution is 2.17. The molecule has 1 saturated heterocycles. The van der Waals surface area contributed by atoms with Crippen LogP contribution in [0.3, 0.4) is 0 Å². The number of amides is 1. The van der Waals surface area contributed by atoms with E-state index in [1.165, 1.54) is 12.3 Å². The number of likely N-dealkylation sites (N-methyl/N-ethyl adjacent to an activating group) is 1. The Labute approximate surface area is 124 Å². The number of carbonyl (C=O) groups is 1. The summed E-state index contributed by atoms with van der Waals surface area (Å²) in [6.07, 6.45) is 4.89. The molecule has 1 aromatic heterocycles. The number of halogens is 1. The van der Waals surface area contributed by atoms with Gasteiger partial charge >= 0.3 is 0 Å². The number of nitrogens with one attached hydrogen (secondary N) is 2. The zero-order chi connectivity index (χ0) is 15.2. The van der Waals surface area contributed by atoms with Crippen LogP contribution in [0.1, 0.15) is 31.4 Å². The molecule has 1 aliphatic rings. The molecule has 0 radical (unpaired) electrons. The molecule has 5 nitrogen and oxygen atoms in total. The van der Waals surface area contributed by atoms with Crippen LogP contribution in [0.25, 0.3) is 0 Å². The molecule has 1 aliphatic heterocycles. The largest absolute Gasteiger partial charge is 0.358 e. The van der Waals surface area contributed by atoms with Crippen molar-refractivity contribution in [2.75, 3.05) is 26.7 Å². The van der Waals surface area contributed by atoms with E-state index in [4.69, 9.17) is 0 Å². The van der Waals surface area contributed by atoms with E-state index in [2.05, 4.69) is 20.5 Å². The third-order valence-electron chi connectivity index (χ3n) is 3.95. The summed E-state index contributed by atoms with van der Waals surface area (Å²) < 4.78 is 13.2. The van der Waals surface area contributed by atoms with Gasteiger partial charge in [-0.25, -0.2) is 4.39 Å². The lowest BCUT2D eigenvalue weighted by Gasteiger charge is -2.33. The maximum Gasteiger partial charge on any atom is 0.233 e. The Morgan fingerprint density at radius 3 is 2.81 bits per heavy atom. The van der Waals surface area contributed by atoms with E-state index < -0.39 is 0 Å². The molecule has 1 atom stereocenters. The summed E-state index contributed by atoms with van der Waals surface area (Å²) in [6, 6.07) is 1.98. The zero-order valence-corrected chi connectivity index (χ0v) is 12.6. The Kier molecular flexibility index (Phi) is 5.64. The zero-order valence-electron chi connectivity index (χ0n) is 12.6. The molecule has 0 saturated carbocycles. The van der Waals surface area contributed by atoms with E-state index in [9.17, 15) is 9.18 Å². The van der Waals surface area contributed by atoms with Crippen LogP contribution in [0.5, 0.6) is 0 Å². The molecule has 1 fully saturated rings. The molecule has 1 unspecified atom stereocenters. The molecule has 116 valence electrons. The molecule has 0 bridgehead atoms. The van der Waals surface area contributed by atoms with E-state index in [0.717, 1.165) is 31.5 Å². The van der Waals surface area contributed by atoms with E-state index in [-0.39, 0.29) is 17.8 Å². The summed E-state index contributed by atoms with van der Waals surface area (Å²) in [7, 11) is 1.66. The topological polar surface area (TPSA) is 57.3 Å². The van der Waals surface area contributed by atoms with Gasteiger partial charge in [0.2, 0.25) is 5.91 Å². The van der Waals surface area contributed by atoms with Crippen molar-refractivity contribution in [3.05, 3.63) is 29.8 Å². The van der Waals surface area contributed by atoms with E-state index in [1.54, 1.807) is 13.2 Å². The van der Waals surface area contributed by atoms with Gasteiger partial charge in [-0.1, -0.05) is 0 Å². The van der Waals surface area contributed by atoms with E-state index >= 15 is 0 Å². The van der Waals surface area contributed by atoms with Gasteiger partial charge in [-0.15, -0.1) is 0 Å². The first kappa shape index (κ1) is 15.9.